The van der Waals surface area contributed by atoms with Gasteiger partial charge in [-0.2, -0.15) is 0 Å². The minimum atomic E-state index is -1.38. The number of para-hydroxylation sites is 1. The second-order valence-corrected chi connectivity index (χ2v) is 8.82. The van der Waals surface area contributed by atoms with Gasteiger partial charge in [0.2, 0.25) is 23.6 Å². The topological polar surface area (TPSA) is 236 Å². The minimum absolute atomic E-state index is 0.167. The van der Waals surface area contributed by atoms with E-state index in [1.165, 1.54) is 6.92 Å². The van der Waals surface area contributed by atoms with E-state index < -0.39 is 60.2 Å². The molecule has 13 heteroatoms. The fraction of sp³-hybridized carbons (Fsp3) is 0.458. The number of amides is 4. The summed E-state index contributed by atoms with van der Waals surface area (Å²) in [6, 6.07) is 2.77. The van der Waals surface area contributed by atoms with Crippen molar-refractivity contribution in [2.24, 2.45) is 17.2 Å². The first-order chi connectivity index (χ1) is 17.5. The van der Waals surface area contributed by atoms with E-state index in [0.29, 0.717) is 19.4 Å². The highest BCUT2D eigenvalue weighted by molar-refractivity contribution is 5.96. The largest absolute Gasteiger partial charge is 0.480 e. The van der Waals surface area contributed by atoms with Crippen LogP contribution in [0.25, 0.3) is 10.9 Å². The van der Waals surface area contributed by atoms with Gasteiger partial charge >= 0.3 is 5.97 Å². The van der Waals surface area contributed by atoms with Gasteiger partial charge in [-0.15, -0.1) is 0 Å². The minimum Gasteiger partial charge on any atom is -0.480 e. The van der Waals surface area contributed by atoms with E-state index in [1.807, 2.05) is 24.3 Å². The maximum atomic E-state index is 12.8. The smallest absolute Gasteiger partial charge is 0.326 e. The Morgan fingerprint density at radius 2 is 1.65 bits per heavy atom. The van der Waals surface area contributed by atoms with Gasteiger partial charge in [0.15, 0.2) is 0 Å². The van der Waals surface area contributed by atoms with Crippen molar-refractivity contribution in [2.75, 3.05) is 6.54 Å². The molecule has 0 aliphatic heterocycles. The van der Waals surface area contributed by atoms with Gasteiger partial charge in [-0.1, -0.05) is 18.2 Å². The third-order valence-electron chi connectivity index (χ3n) is 5.80. The zero-order chi connectivity index (χ0) is 27.5. The van der Waals surface area contributed by atoms with Crippen molar-refractivity contribution in [3.8, 4) is 0 Å². The fourth-order valence-electron chi connectivity index (χ4n) is 3.75. The molecule has 2 aromatic rings. The molecule has 11 N–H and O–H groups in total. The molecular weight excluding hydrogens is 482 g/mol. The van der Waals surface area contributed by atoms with E-state index in [2.05, 4.69) is 20.9 Å². The number of fused-ring (bicyclic) bond motifs is 1. The Bertz CT molecular complexity index is 1120. The lowest BCUT2D eigenvalue weighted by molar-refractivity contribution is -0.142. The lowest BCUT2D eigenvalue weighted by atomic mass is 10.0. The molecule has 37 heavy (non-hydrogen) atoms. The van der Waals surface area contributed by atoms with Crippen LogP contribution >= 0.6 is 0 Å². The van der Waals surface area contributed by atoms with Crippen LogP contribution in [0.15, 0.2) is 30.5 Å². The van der Waals surface area contributed by atoms with Crippen LogP contribution in [-0.2, 0) is 30.4 Å². The first-order valence-electron chi connectivity index (χ1n) is 12.0. The Morgan fingerprint density at radius 3 is 2.30 bits per heavy atom. The molecule has 0 radical (unpaired) electrons. The average Bonchev–Trinajstić information content (AvgIpc) is 3.25. The molecule has 4 atom stereocenters. The van der Waals surface area contributed by atoms with Crippen molar-refractivity contribution in [3.05, 3.63) is 36.0 Å². The highest BCUT2D eigenvalue weighted by Crippen LogP contribution is 2.18. The van der Waals surface area contributed by atoms with Crippen molar-refractivity contribution in [1.82, 2.24) is 20.9 Å². The number of carboxylic acid groups (broad SMARTS) is 1. The van der Waals surface area contributed by atoms with Crippen LogP contribution in [0.4, 0.5) is 0 Å². The highest BCUT2D eigenvalue weighted by Gasteiger charge is 2.29. The predicted octanol–water partition coefficient (Wildman–Crippen LogP) is -1.40. The quantitative estimate of drug-likeness (QED) is 0.130. The van der Waals surface area contributed by atoms with Gasteiger partial charge in [0.25, 0.3) is 0 Å². The van der Waals surface area contributed by atoms with E-state index in [9.17, 15) is 29.1 Å². The third-order valence-corrected chi connectivity index (χ3v) is 5.80. The van der Waals surface area contributed by atoms with E-state index in [4.69, 9.17) is 17.2 Å². The highest BCUT2D eigenvalue weighted by atomic mass is 16.4. The molecule has 0 fully saturated rings. The molecule has 1 aromatic carbocycles. The second kappa shape index (κ2) is 13.9. The maximum absolute atomic E-state index is 12.8. The number of hydrogen-bond donors (Lipinski definition) is 8. The van der Waals surface area contributed by atoms with Crippen molar-refractivity contribution in [3.63, 3.8) is 0 Å². The number of primary amides is 1. The lowest BCUT2D eigenvalue weighted by Gasteiger charge is -2.23. The van der Waals surface area contributed by atoms with Gasteiger partial charge in [0.05, 0.1) is 12.5 Å². The number of aromatic nitrogens is 1. The summed E-state index contributed by atoms with van der Waals surface area (Å²) in [6.45, 7) is 1.74. The Kier molecular flexibility index (Phi) is 11.0. The summed E-state index contributed by atoms with van der Waals surface area (Å²) in [5.74, 6) is -4.34. The average molecular weight is 518 g/mol. The summed E-state index contributed by atoms with van der Waals surface area (Å²) >= 11 is 0. The number of carboxylic acids is 1. The van der Waals surface area contributed by atoms with Gasteiger partial charge in [0, 0.05) is 17.1 Å². The molecule has 0 saturated carbocycles. The molecule has 1 heterocycles. The van der Waals surface area contributed by atoms with Gasteiger partial charge in [-0.05, 0) is 50.8 Å². The van der Waals surface area contributed by atoms with Crippen molar-refractivity contribution < 1.29 is 29.1 Å². The molecule has 0 aliphatic rings. The number of aliphatic carboxylic acids is 1. The number of unbranched alkanes of at least 4 members (excludes halogenated alkanes) is 1. The lowest BCUT2D eigenvalue weighted by Crippen LogP contribution is -2.57. The van der Waals surface area contributed by atoms with Crippen LogP contribution in [0.1, 0.15) is 38.2 Å². The number of benzene rings is 1. The number of carbonyl (C=O) groups is 5. The van der Waals surface area contributed by atoms with Crippen LogP contribution in [-0.4, -0.2) is 70.4 Å². The molecule has 4 amide bonds. The van der Waals surface area contributed by atoms with Gasteiger partial charge in [0.1, 0.15) is 18.1 Å². The molecule has 13 nitrogen and oxygen atoms in total. The van der Waals surface area contributed by atoms with E-state index >= 15 is 0 Å². The molecule has 2 rings (SSSR count). The Labute approximate surface area is 213 Å². The summed E-state index contributed by atoms with van der Waals surface area (Å²) in [5, 5.41) is 17.4. The SMILES string of the molecule is CC(NC(=O)C(CC(N)=O)NC(=O)C(N)Cc1c[nH]c2ccccc12)C(=O)NC(CCCCN)C(=O)O. The number of hydrogen-bond acceptors (Lipinski definition) is 7. The number of rotatable bonds is 15. The predicted molar refractivity (Wildman–Crippen MR) is 136 cm³/mol. The molecular formula is C24H35N7O6. The summed E-state index contributed by atoms with van der Waals surface area (Å²) in [5.41, 5.74) is 18.4. The van der Waals surface area contributed by atoms with Crippen LogP contribution in [0.3, 0.4) is 0 Å². The molecule has 202 valence electrons. The summed E-state index contributed by atoms with van der Waals surface area (Å²) in [6.07, 6.45) is 2.66. The zero-order valence-electron chi connectivity index (χ0n) is 20.7. The Hall–Kier alpha value is -3.97. The second-order valence-electron chi connectivity index (χ2n) is 8.82. The number of H-pyrrole nitrogens is 1. The fourth-order valence-corrected chi connectivity index (χ4v) is 3.75. The molecule has 0 spiro atoms. The standard InChI is InChI=1S/C24H35N7O6/c1-13(21(33)30-18(24(36)37)8-4-5-9-25)29-23(35)19(11-20(27)32)31-22(34)16(26)10-14-12-28-17-7-3-2-6-15(14)17/h2-3,6-7,12-13,16,18-19,28H,4-5,8-11,25-26H2,1H3,(H2,27,32)(H,29,35)(H,30,33)(H,31,34)(H,36,37). The van der Waals surface area contributed by atoms with Gasteiger partial charge in [-0.25, -0.2) is 4.79 Å². The van der Waals surface area contributed by atoms with Crippen molar-refractivity contribution in [2.45, 2.75) is 63.2 Å². The molecule has 4 unspecified atom stereocenters. The number of nitrogens with one attached hydrogen (secondary N) is 4. The summed E-state index contributed by atoms with van der Waals surface area (Å²) in [4.78, 5) is 64.0. The summed E-state index contributed by atoms with van der Waals surface area (Å²) < 4.78 is 0. The molecule has 0 bridgehead atoms. The maximum Gasteiger partial charge on any atom is 0.326 e. The Balaban J connectivity index is 1.99. The molecule has 1 aromatic heterocycles. The molecule has 0 saturated heterocycles. The van der Waals surface area contributed by atoms with E-state index in [1.54, 1.807) is 6.20 Å². The Morgan fingerprint density at radius 1 is 0.973 bits per heavy atom. The van der Waals surface area contributed by atoms with Gasteiger partial charge in [-0.3, -0.25) is 19.2 Å². The third kappa shape index (κ3) is 8.88. The van der Waals surface area contributed by atoms with Crippen molar-refractivity contribution in [1.29, 1.82) is 0 Å². The normalized spacial score (nSPS) is 14.2. The van der Waals surface area contributed by atoms with Gasteiger partial charge < -0.3 is 43.2 Å². The monoisotopic (exact) mass is 517 g/mol. The van der Waals surface area contributed by atoms with E-state index in [0.717, 1.165) is 16.5 Å². The van der Waals surface area contributed by atoms with Crippen LogP contribution in [0.2, 0.25) is 0 Å². The number of nitrogens with two attached hydrogens (primary N) is 3. The van der Waals surface area contributed by atoms with E-state index in [-0.39, 0.29) is 12.8 Å². The molecule has 0 aliphatic carbocycles. The van der Waals surface area contributed by atoms with Crippen molar-refractivity contribution >= 4 is 40.5 Å². The van der Waals surface area contributed by atoms with Crippen LogP contribution < -0.4 is 33.2 Å². The number of carbonyl (C=O) groups excluding carboxylic acids is 4. The van der Waals surface area contributed by atoms with Crippen LogP contribution in [0.5, 0.6) is 0 Å². The first kappa shape index (κ1) is 29.3. The zero-order valence-corrected chi connectivity index (χ0v) is 20.7. The van der Waals surface area contributed by atoms with Crippen LogP contribution in [0, 0.1) is 0 Å². The first-order valence-corrected chi connectivity index (χ1v) is 12.0. The number of aromatic amines is 1. The summed E-state index contributed by atoms with van der Waals surface area (Å²) in [7, 11) is 0.